The minimum absolute atomic E-state index is 0.233. The van der Waals surface area contributed by atoms with Crippen LogP contribution in [-0.4, -0.2) is 48.2 Å². The van der Waals surface area contributed by atoms with Crippen molar-refractivity contribution in [1.82, 2.24) is 0 Å². The molecule has 0 radical (unpaired) electrons. The predicted octanol–water partition coefficient (Wildman–Crippen LogP) is 3.71. The molecule has 0 aliphatic carbocycles. The van der Waals surface area contributed by atoms with Gasteiger partial charge in [0, 0.05) is 13.5 Å². The average molecular weight is 393 g/mol. The molecule has 0 aliphatic rings. The van der Waals surface area contributed by atoms with E-state index >= 15 is 0 Å². The first-order valence-electron chi connectivity index (χ1n) is 9.89. The molecule has 0 aromatic heterocycles. The van der Waals surface area contributed by atoms with Crippen molar-refractivity contribution in [3.05, 3.63) is 36.5 Å². The highest BCUT2D eigenvalue weighted by molar-refractivity contribution is 5.68. The van der Waals surface area contributed by atoms with E-state index < -0.39 is 17.8 Å². The molecule has 0 saturated carbocycles. The lowest BCUT2D eigenvalue weighted by molar-refractivity contribution is -0.140. The van der Waals surface area contributed by atoms with Crippen LogP contribution in [0, 0.1) is 11.8 Å². The molecule has 0 amide bonds. The van der Waals surface area contributed by atoms with E-state index in [9.17, 15) is 15.0 Å². The maximum Gasteiger partial charge on any atom is 0.305 e. The van der Waals surface area contributed by atoms with E-state index in [2.05, 4.69) is 23.5 Å². The van der Waals surface area contributed by atoms with Crippen LogP contribution in [0.1, 0.15) is 58.8 Å². The fraction of sp³-hybridized carbons (Fsp3) is 0.609. The zero-order valence-electron chi connectivity index (χ0n) is 17.7. The van der Waals surface area contributed by atoms with Crippen LogP contribution in [0.4, 0.5) is 0 Å². The minimum atomic E-state index is -0.975. The van der Waals surface area contributed by atoms with E-state index in [-0.39, 0.29) is 12.4 Å². The van der Waals surface area contributed by atoms with E-state index in [0.29, 0.717) is 12.8 Å². The predicted molar refractivity (Wildman–Crippen MR) is 113 cm³/mol. The first-order valence-corrected chi connectivity index (χ1v) is 9.89. The van der Waals surface area contributed by atoms with Crippen molar-refractivity contribution in [1.29, 1.82) is 0 Å². The third-order valence-electron chi connectivity index (χ3n) is 4.37. The van der Waals surface area contributed by atoms with Crippen LogP contribution in [0.2, 0.25) is 0 Å². The molecule has 5 nitrogen and oxygen atoms in total. The molecule has 0 aliphatic heterocycles. The van der Waals surface area contributed by atoms with Gasteiger partial charge < -0.3 is 19.7 Å². The second-order valence-corrected chi connectivity index (χ2v) is 6.82. The van der Waals surface area contributed by atoms with Gasteiger partial charge in [-0.1, -0.05) is 62.0 Å². The van der Waals surface area contributed by atoms with Crippen molar-refractivity contribution in [3.63, 3.8) is 0 Å². The number of hydrogen-bond donors (Lipinski definition) is 2. The van der Waals surface area contributed by atoms with Gasteiger partial charge in [0.05, 0.1) is 19.3 Å². The second-order valence-electron chi connectivity index (χ2n) is 6.82. The Labute approximate surface area is 170 Å². The lowest BCUT2D eigenvalue weighted by atomic mass is 9.99. The van der Waals surface area contributed by atoms with Gasteiger partial charge in [-0.3, -0.25) is 4.79 Å². The van der Waals surface area contributed by atoms with Crippen molar-refractivity contribution in [3.8, 4) is 11.8 Å². The van der Waals surface area contributed by atoms with E-state index in [1.54, 1.807) is 37.5 Å². The van der Waals surface area contributed by atoms with Crippen LogP contribution in [-0.2, 0) is 14.3 Å². The third-order valence-corrected chi connectivity index (χ3v) is 4.37. The number of hydrogen-bond acceptors (Lipinski definition) is 5. The Kier molecular flexibility index (Phi) is 15.0. The van der Waals surface area contributed by atoms with Gasteiger partial charge in [-0.25, -0.2) is 0 Å². The molecule has 0 fully saturated rings. The molecule has 3 atom stereocenters. The Hall–Kier alpha value is -1.87. The molecule has 0 saturated heterocycles. The van der Waals surface area contributed by atoms with Gasteiger partial charge in [0.15, 0.2) is 0 Å². The monoisotopic (exact) mass is 392 g/mol. The summed E-state index contributed by atoms with van der Waals surface area (Å²) in [5.41, 5.74) is -0.419. The van der Waals surface area contributed by atoms with Crippen molar-refractivity contribution >= 4 is 5.97 Å². The number of methoxy groups -OCH3 is 2. The summed E-state index contributed by atoms with van der Waals surface area (Å²) in [4.78, 5) is 11.0. The van der Waals surface area contributed by atoms with E-state index in [4.69, 9.17) is 4.74 Å². The molecule has 0 aromatic rings. The lowest BCUT2D eigenvalue weighted by Crippen LogP contribution is -2.24. The number of aliphatic hydroxyl groups excluding tert-OH is 2. The molecule has 0 bridgehead atoms. The number of rotatable bonds is 13. The average Bonchev–Trinajstić information content (AvgIpc) is 2.69. The van der Waals surface area contributed by atoms with Crippen LogP contribution in [0.3, 0.4) is 0 Å². The highest BCUT2D eigenvalue weighted by Gasteiger charge is 2.19. The van der Waals surface area contributed by atoms with Gasteiger partial charge in [0.2, 0.25) is 0 Å². The zero-order valence-corrected chi connectivity index (χ0v) is 17.7. The van der Waals surface area contributed by atoms with Crippen LogP contribution in [0.15, 0.2) is 36.5 Å². The van der Waals surface area contributed by atoms with Gasteiger partial charge in [0.1, 0.15) is 5.60 Å². The molecule has 28 heavy (non-hydrogen) atoms. The number of carbonyl (C=O) groups is 1. The standard InChI is InChI=1S/C23H36O5/c1-5-6-12-18-23(2,28-4)19-13-10-8-7-9-11-15-20(24)21(25)16-14-17-22(26)27-3/h7-11,15,20-21,24-25H,5-6,12,14,16-18H2,1-4H3/b9-7+,10-8+,15-11+/t20-,21+,23?/m0/s1. The van der Waals surface area contributed by atoms with Crippen molar-refractivity contribution < 1.29 is 24.5 Å². The van der Waals surface area contributed by atoms with Gasteiger partial charge in [-0.2, -0.15) is 0 Å². The number of unbranched alkanes of at least 4 members (excludes halogenated alkanes) is 2. The Morgan fingerprint density at radius 1 is 1.11 bits per heavy atom. The largest absolute Gasteiger partial charge is 0.469 e. The molecule has 158 valence electrons. The maximum absolute atomic E-state index is 11.0. The zero-order chi connectivity index (χ0) is 21.3. The van der Waals surface area contributed by atoms with Crippen LogP contribution < -0.4 is 0 Å². The summed E-state index contributed by atoms with van der Waals surface area (Å²) < 4.78 is 10.0. The van der Waals surface area contributed by atoms with Crippen molar-refractivity contribution in [2.24, 2.45) is 0 Å². The lowest BCUT2D eigenvalue weighted by Gasteiger charge is -2.21. The summed E-state index contributed by atoms with van der Waals surface area (Å²) in [6.07, 6.45) is 13.8. The van der Waals surface area contributed by atoms with Gasteiger partial charge >= 0.3 is 5.97 Å². The highest BCUT2D eigenvalue weighted by Crippen LogP contribution is 2.17. The summed E-state index contributed by atoms with van der Waals surface area (Å²) in [5, 5.41) is 19.7. The van der Waals surface area contributed by atoms with E-state index in [1.165, 1.54) is 26.0 Å². The van der Waals surface area contributed by atoms with Crippen molar-refractivity contribution in [2.75, 3.05) is 14.2 Å². The van der Waals surface area contributed by atoms with E-state index in [0.717, 1.165) is 12.8 Å². The second kappa shape index (κ2) is 16.1. The Morgan fingerprint density at radius 3 is 2.46 bits per heavy atom. The maximum atomic E-state index is 11.0. The summed E-state index contributed by atoms with van der Waals surface area (Å²) in [5.74, 6) is 5.83. The number of esters is 1. The first-order chi connectivity index (χ1) is 13.4. The molecule has 1 unspecified atom stereocenters. The van der Waals surface area contributed by atoms with Crippen molar-refractivity contribution in [2.45, 2.75) is 76.6 Å². The van der Waals surface area contributed by atoms with Crippen LogP contribution >= 0.6 is 0 Å². The van der Waals surface area contributed by atoms with Gasteiger partial charge in [-0.05, 0) is 38.7 Å². The Balaban J connectivity index is 4.29. The van der Waals surface area contributed by atoms with Crippen LogP contribution in [0.25, 0.3) is 0 Å². The summed E-state index contributed by atoms with van der Waals surface area (Å²) in [6.45, 7) is 4.17. The fourth-order valence-corrected chi connectivity index (χ4v) is 2.39. The molecular formula is C23H36O5. The number of aliphatic hydroxyl groups is 2. The molecule has 2 N–H and O–H groups in total. The quantitative estimate of drug-likeness (QED) is 0.216. The first kappa shape index (κ1) is 26.1. The number of carbonyl (C=O) groups excluding carboxylic acids is 1. The molecule has 5 heteroatoms. The fourth-order valence-electron chi connectivity index (χ4n) is 2.39. The molecular weight excluding hydrogens is 356 g/mol. The molecule has 0 spiro atoms. The Bertz CT molecular complexity index is 567. The highest BCUT2D eigenvalue weighted by atomic mass is 16.5. The molecule has 0 aromatic carbocycles. The summed E-state index contributed by atoms with van der Waals surface area (Å²) >= 11 is 0. The summed E-state index contributed by atoms with van der Waals surface area (Å²) in [6, 6.07) is 0. The minimum Gasteiger partial charge on any atom is -0.469 e. The number of allylic oxidation sites excluding steroid dienone is 5. The SMILES string of the molecule is CCCCCC(C)(C#C/C=C/C=C/C=C/[C@H](O)[C@H](O)CCCC(=O)OC)OC. The van der Waals surface area contributed by atoms with Crippen LogP contribution in [0.5, 0.6) is 0 Å². The smallest absolute Gasteiger partial charge is 0.305 e. The Morgan fingerprint density at radius 2 is 1.82 bits per heavy atom. The normalized spacial score (nSPS) is 16.1. The van der Waals surface area contributed by atoms with E-state index in [1.807, 2.05) is 6.92 Å². The third kappa shape index (κ3) is 13.3. The topological polar surface area (TPSA) is 76.0 Å². The summed E-state index contributed by atoms with van der Waals surface area (Å²) in [7, 11) is 3.01. The molecule has 0 rings (SSSR count). The van der Waals surface area contributed by atoms with Gasteiger partial charge in [0.25, 0.3) is 0 Å². The molecule has 0 heterocycles. The van der Waals surface area contributed by atoms with Gasteiger partial charge in [-0.15, -0.1) is 0 Å². The number of ether oxygens (including phenoxy) is 2.